The second-order valence-corrected chi connectivity index (χ2v) is 4.75. The van der Waals surface area contributed by atoms with Crippen molar-refractivity contribution < 1.29 is 0 Å². The van der Waals surface area contributed by atoms with E-state index in [2.05, 4.69) is 26.8 Å². The average Bonchev–Trinajstić information content (AvgIpc) is 2.31. The molecule has 0 aliphatic rings. The van der Waals surface area contributed by atoms with E-state index in [-0.39, 0.29) is 0 Å². The predicted octanol–water partition coefficient (Wildman–Crippen LogP) is 3.71. The molecule has 96 valence electrons. The molecule has 0 spiro atoms. The van der Waals surface area contributed by atoms with Gasteiger partial charge in [-0.3, -0.25) is 0 Å². The number of hydrogen-bond donors (Lipinski definition) is 2. The molecular weight excluding hydrogens is 208 g/mol. The zero-order chi connectivity index (χ0) is 12.8. The number of anilines is 2. The summed E-state index contributed by atoms with van der Waals surface area (Å²) in [7, 11) is 0. The molecule has 0 saturated carbocycles. The first kappa shape index (κ1) is 13.9. The van der Waals surface area contributed by atoms with Crippen LogP contribution in [-0.2, 0) is 19.3 Å². The van der Waals surface area contributed by atoms with Crippen LogP contribution in [0.15, 0.2) is 6.07 Å². The molecule has 17 heavy (non-hydrogen) atoms. The van der Waals surface area contributed by atoms with Gasteiger partial charge in [0.15, 0.2) is 0 Å². The molecule has 0 aromatic heterocycles. The first-order valence-corrected chi connectivity index (χ1v) is 6.84. The topological polar surface area (TPSA) is 52.0 Å². The lowest BCUT2D eigenvalue weighted by Crippen LogP contribution is -2.08. The first-order valence-electron chi connectivity index (χ1n) is 6.84. The fourth-order valence-corrected chi connectivity index (χ4v) is 2.37. The molecule has 1 aromatic carbocycles. The van der Waals surface area contributed by atoms with Crippen LogP contribution < -0.4 is 11.5 Å². The number of nitrogens with two attached hydrogens (primary N) is 2. The number of hydrogen-bond acceptors (Lipinski definition) is 2. The van der Waals surface area contributed by atoms with Gasteiger partial charge < -0.3 is 11.5 Å². The van der Waals surface area contributed by atoms with Crippen molar-refractivity contribution in [1.82, 2.24) is 0 Å². The third-order valence-corrected chi connectivity index (χ3v) is 3.23. The highest BCUT2D eigenvalue weighted by Gasteiger charge is 2.12. The standard InChI is InChI=1S/C15H26N2/c1-4-7-11-10-12(8-5-2)15(17)13(9-6-3)14(11)16/h10H,4-9,16-17H2,1-3H3. The van der Waals surface area contributed by atoms with Gasteiger partial charge in [0.05, 0.1) is 0 Å². The minimum atomic E-state index is 0.936. The van der Waals surface area contributed by atoms with E-state index in [0.717, 1.165) is 49.9 Å². The Balaban J connectivity index is 3.24. The molecule has 0 heterocycles. The van der Waals surface area contributed by atoms with Gasteiger partial charge in [0.25, 0.3) is 0 Å². The van der Waals surface area contributed by atoms with E-state index in [1.54, 1.807) is 0 Å². The third kappa shape index (κ3) is 3.15. The lowest BCUT2D eigenvalue weighted by molar-refractivity contribution is 0.878. The molecule has 0 aliphatic carbocycles. The van der Waals surface area contributed by atoms with Crippen molar-refractivity contribution in [3.63, 3.8) is 0 Å². The molecule has 0 bridgehead atoms. The maximum absolute atomic E-state index is 6.24. The Morgan fingerprint density at radius 2 is 1.18 bits per heavy atom. The van der Waals surface area contributed by atoms with E-state index in [9.17, 15) is 0 Å². The van der Waals surface area contributed by atoms with E-state index in [4.69, 9.17) is 11.5 Å². The summed E-state index contributed by atoms with van der Waals surface area (Å²) >= 11 is 0. The predicted molar refractivity (Wildman–Crippen MR) is 77.3 cm³/mol. The summed E-state index contributed by atoms with van der Waals surface area (Å²) in [4.78, 5) is 0. The minimum Gasteiger partial charge on any atom is -0.398 e. The van der Waals surface area contributed by atoms with Crippen molar-refractivity contribution in [2.24, 2.45) is 0 Å². The monoisotopic (exact) mass is 234 g/mol. The van der Waals surface area contributed by atoms with E-state index >= 15 is 0 Å². The van der Waals surface area contributed by atoms with Crippen molar-refractivity contribution in [2.75, 3.05) is 11.5 Å². The smallest absolute Gasteiger partial charge is 0.0400 e. The van der Waals surface area contributed by atoms with Gasteiger partial charge in [-0.1, -0.05) is 46.1 Å². The minimum absolute atomic E-state index is 0.936. The molecule has 0 radical (unpaired) electrons. The van der Waals surface area contributed by atoms with E-state index < -0.39 is 0 Å². The Kier molecular flexibility index (Phi) is 5.33. The summed E-state index contributed by atoms with van der Waals surface area (Å²) in [6.07, 6.45) is 6.46. The molecule has 0 amide bonds. The maximum Gasteiger partial charge on any atom is 0.0400 e. The molecule has 0 aliphatic heterocycles. The van der Waals surface area contributed by atoms with Crippen molar-refractivity contribution >= 4 is 11.4 Å². The van der Waals surface area contributed by atoms with Crippen molar-refractivity contribution in [3.05, 3.63) is 22.8 Å². The van der Waals surface area contributed by atoms with Gasteiger partial charge in [0.1, 0.15) is 0 Å². The van der Waals surface area contributed by atoms with Crippen LogP contribution in [0.1, 0.15) is 56.7 Å². The van der Waals surface area contributed by atoms with Gasteiger partial charge in [0, 0.05) is 11.4 Å². The van der Waals surface area contributed by atoms with Crippen molar-refractivity contribution in [2.45, 2.75) is 59.3 Å². The summed E-state index contributed by atoms with van der Waals surface area (Å²) in [6.45, 7) is 6.55. The number of nitrogen functional groups attached to an aromatic ring is 2. The Morgan fingerprint density at radius 3 is 1.53 bits per heavy atom. The van der Waals surface area contributed by atoms with Gasteiger partial charge in [-0.25, -0.2) is 0 Å². The molecule has 2 heteroatoms. The molecule has 4 N–H and O–H groups in total. The van der Waals surface area contributed by atoms with Crippen LogP contribution in [0.5, 0.6) is 0 Å². The van der Waals surface area contributed by atoms with Crippen LogP contribution in [0.25, 0.3) is 0 Å². The quantitative estimate of drug-likeness (QED) is 0.737. The van der Waals surface area contributed by atoms with E-state index in [1.807, 2.05) is 0 Å². The molecule has 0 fully saturated rings. The number of rotatable bonds is 6. The zero-order valence-corrected chi connectivity index (χ0v) is 11.5. The summed E-state index contributed by atoms with van der Waals surface area (Å²) in [6, 6.07) is 2.22. The van der Waals surface area contributed by atoms with Gasteiger partial charge in [-0.2, -0.15) is 0 Å². The molecule has 0 atom stereocenters. The highest BCUT2D eigenvalue weighted by molar-refractivity contribution is 5.69. The normalized spacial score (nSPS) is 10.8. The fraction of sp³-hybridized carbons (Fsp3) is 0.600. The Bertz CT molecular complexity index is 339. The lowest BCUT2D eigenvalue weighted by atomic mass is 9.93. The van der Waals surface area contributed by atoms with Crippen LogP contribution in [0.4, 0.5) is 11.4 Å². The molecule has 2 nitrogen and oxygen atoms in total. The zero-order valence-electron chi connectivity index (χ0n) is 11.5. The molecule has 1 rings (SSSR count). The SMILES string of the molecule is CCCc1cc(CCC)c(N)c(CCC)c1N. The highest BCUT2D eigenvalue weighted by Crippen LogP contribution is 2.30. The average molecular weight is 234 g/mol. The van der Waals surface area contributed by atoms with Crippen molar-refractivity contribution in [3.8, 4) is 0 Å². The highest BCUT2D eigenvalue weighted by atomic mass is 14.6. The van der Waals surface area contributed by atoms with Crippen molar-refractivity contribution in [1.29, 1.82) is 0 Å². The number of aryl methyl sites for hydroxylation is 2. The first-order chi connectivity index (χ1) is 8.15. The van der Waals surface area contributed by atoms with Crippen LogP contribution in [0.2, 0.25) is 0 Å². The summed E-state index contributed by atoms with van der Waals surface area (Å²) in [5, 5.41) is 0. The van der Waals surface area contributed by atoms with Gasteiger partial charge in [-0.15, -0.1) is 0 Å². The summed E-state index contributed by atoms with van der Waals surface area (Å²) in [5.41, 5.74) is 18.1. The summed E-state index contributed by atoms with van der Waals surface area (Å²) < 4.78 is 0. The number of benzene rings is 1. The fourth-order valence-electron chi connectivity index (χ4n) is 2.37. The van der Waals surface area contributed by atoms with Gasteiger partial charge >= 0.3 is 0 Å². The van der Waals surface area contributed by atoms with E-state index in [0.29, 0.717) is 0 Å². The lowest BCUT2D eigenvalue weighted by Gasteiger charge is -2.17. The van der Waals surface area contributed by atoms with Crippen LogP contribution in [0.3, 0.4) is 0 Å². The molecular formula is C15H26N2. The Hall–Kier alpha value is -1.18. The molecule has 0 saturated heterocycles. The van der Waals surface area contributed by atoms with Crippen LogP contribution in [0, 0.1) is 0 Å². The van der Waals surface area contributed by atoms with Gasteiger partial charge in [0.2, 0.25) is 0 Å². The second kappa shape index (κ2) is 6.53. The van der Waals surface area contributed by atoms with E-state index in [1.165, 1.54) is 16.7 Å². The van der Waals surface area contributed by atoms with Gasteiger partial charge in [-0.05, 0) is 36.0 Å². The third-order valence-electron chi connectivity index (χ3n) is 3.23. The Labute approximate surface area is 105 Å². The maximum atomic E-state index is 6.24. The Morgan fingerprint density at radius 1 is 0.765 bits per heavy atom. The second-order valence-electron chi connectivity index (χ2n) is 4.75. The van der Waals surface area contributed by atoms with Crippen LogP contribution in [-0.4, -0.2) is 0 Å². The largest absolute Gasteiger partial charge is 0.398 e. The molecule has 1 aromatic rings. The summed E-state index contributed by atoms with van der Waals surface area (Å²) in [5.74, 6) is 0. The molecule has 0 unspecified atom stereocenters. The van der Waals surface area contributed by atoms with Crippen LogP contribution >= 0.6 is 0 Å².